The molecule has 4 heteroatoms. The van der Waals surface area contributed by atoms with Crippen molar-refractivity contribution in [3.63, 3.8) is 0 Å². The molecule has 1 aliphatic heterocycles. The van der Waals surface area contributed by atoms with Crippen LogP contribution in [-0.2, 0) is 4.79 Å². The molecule has 15 heavy (non-hydrogen) atoms. The molecule has 1 aromatic carbocycles. The lowest BCUT2D eigenvalue weighted by Crippen LogP contribution is -2.18. The standard InChI is InChI=1S/C11H11F2NO/c1-6-8(12)4-7(5-9(6)13)10-2-3-11(15)14-10/h4-5,10H,2-3H2,1H3,(H,14,15). The van der Waals surface area contributed by atoms with Gasteiger partial charge in [-0.25, -0.2) is 8.78 Å². The summed E-state index contributed by atoms with van der Waals surface area (Å²) in [5.41, 5.74) is 0.518. The van der Waals surface area contributed by atoms with Crippen LogP contribution in [0.5, 0.6) is 0 Å². The summed E-state index contributed by atoms with van der Waals surface area (Å²) in [6.07, 6.45) is 1.02. The van der Waals surface area contributed by atoms with E-state index in [4.69, 9.17) is 0 Å². The summed E-state index contributed by atoms with van der Waals surface area (Å²) in [7, 11) is 0. The molecule has 1 fully saturated rings. The Morgan fingerprint density at radius 1 is 1.33 bits per heavy atom. The van der Waals surface area contributed by atoms with Crippen LogP contribution in [-0.4, -0.2) is 5.91 Å². The molecule has 0 aliphatic carbocycles. The lowest BCUT2D eigenvalue weighted by Gasteiger charge is -2.11. The van der Waals surface area contributed by atoms with Crippen molar-refractivity contribution in [1.82, 2.24) is 5.32 Å². The van der Waals surface area contributed by atoms with Crippen LogP contribution >= 0.6 is 0 Å². The van der Waals surface area contributed by atoms with Crippen molar-refractivity contribution < 1.29 is 13.6 Å². The molecule has 0 aromatic heterocycles. The summed E-state index contributed by atoms with van der Waals surface area (Å²) in [5.74, 6) is -1.20. The minimum atomic E-state index is -0.564. The van der Waals surface area contributed by atoms with Crippen LogP contribution in [0.1, 0.15) is 30.0 Å². The maximum atomic E-state index is 13.2. The van der Waals surface area contributed by atoms with Gasteiger partial charge in [0.15, 0.2) is 0 Å². The van der Waals surface area contributed by atoms with Gasteiger partial charge in [0.25, 0.3) is 0 Å². The number of halogens is 2. The fourth-order valence-electron chi connectivity index (χ4n) is 1.73. The quantitative estimate of drug-likeness (QED) is 0.758. The van der Waals surface area contributed by atoms with Crippen LogP contribution in [0.15, 0.2) is 12.1 Å². The Morgan fingerprint density at radius 2 is 1.93 bits per heavy atom. The molecule has 1 N–H and O–H groups in total. The largest absolute Gasteiger partial charge is 0.349 e. The van der Waals surface area contributed by atoms with Gasteiger partial charge in [0, 0.05) is 12.0 Å². The molecule has 80 valence electrons. The van der Waals surface area contributed by atoms with Gasteiger partial charge in [-0.05, 0) is 31.0 Å². The van der Waals surface area contributed by atoms with Gasteiger partial charge in [-0.1, -0.05) is 0 Å². The SMILES string of the molecule is Cc1c(F)cc(C2CCC(=O)N2)cc1F. The minimum absolute atomic E-state index is 0.0167. The van der Waals surface area contributed by atoms with E-state index in [1.807, 2.05) is 0 Å². The minimum Gasteiger partial charge on any atom is -0.349 e. The first-order valence-corrected chi connectivity index (χ1v) is 4.83. The highest BCUT2D eigenvalue weighted by molar-refractivity contribution is 5.78. The smallest absolute Gasteiger partial charge is 0.220 e. The predicted octanol–water partition coefficient (Wildman–Crippen LogP) is 2.22. The molecular formula is C11H11F2NO. The summed E-state index contributed by atoms with van der Waals surface area (Å²) >= 11 is 0. The average Bonchev–Trinajstić information content (AvgIpc) is 2.60. The predicted molar refractivity (Wildman–Crippen MR) is 51.2 cm³/mol. The Hall–Kier alpha value is -1.45. The molecule has 0 saturated carbocycles. The van der Waals surface area contributed by atoms with Gasteiger partial charge in [-0.3, -0.25) is 4.79 Å². The number of carbonyl (C=O) groups excluding carboxylic acids is 1. The highest BCUT2D eigenvalue weighted by atomic mass is 19.1. The lowest BCUT2D eigenvalue weighted by atomic mass is 10.0. The van der Waals surface area contributed by atoms with Crippen LogP contribution in [0.2, 0.25) is 0 Å². The van der Waals surface area contributed by atoms with Crippen LogP contribution in [0, 0.1) is 18.6 Å². The molecule has 1 atom stereocenters. The Bertz CT molecular complexity index is 394. The second-order valence-electron chi connectivity index (χ2n) is 3.77. The first-order valence-electron chi connectivity index (χ1n) is 4.83. The van der Waals surface area contributed by atoms with Crippen LogP contribution in [0.25, 0.3) is 0 Å². The van der Waals surface area contributed by atoms with E-state index in [2.05, 4.69) is 5.32 Å². The van der Waals surface area contributed by atoms with E-state index < -0.39 is 11.6 Å². The summed E-state index contributed by atoms with van der Waals surface area (Å²) in [5, 5.41) is 2.67. The number of benzene rings is 1. The van der Waals surface area contributed by atoms with Gasteiger partial charge in [0.1, 0.15) is 11.6 Å². The lowest BCUT2D eigenvalue weighted by molar-refractivity contribution is -0.119. The zero-order chi connectivity index (χ0) is 11.0. The van der Waals surface area contributed by atoms with Gasteiger partial charge in [-0.15, -0.1) is 0 Å². The molecule has 0 bridgehead atoms. The molecule has 1 aromatic rings. The van der Waals surface area contributed by atoms with Crippen molar-refractivity contribution in [3.05, 3.63) is 34.9 Å². The maximum Gasteiger partial charge on any atom is 0.220 e. The van der Waals surface area contributed by atoms with Crippen molar-refractivity contribution in [3.8, 4) is 0 Å². The maximum absolute atomic E-state index is 13.2. The molecule has 2 rings (SSSR count). The fourth-order valence-corrected chi connectivity index (χ4v) is 1.73. The van der Waals surface area contributed by atoms with Gasteiger partial charge in [0.05, 0.1) is 6.04 Å². The third-order valence-corrected chi connectivity index (χ3v) is 2.70. The first kappa shape index (κ1) is 10.1. The number of hydrogen-bond acceptors (Lipinski definition) is 1. The molecule has 1 unspecified atom stereocenters. The molecular weight excluding hydrogens is 200 g/mol. The number of amides is 1. The number of hydrogen-bond donors (Lipinski definition) is 1. The molecule has 1 heterocycles. The highest BCUT2D eigenvalue weighted by Crippen LogP contribution is 2.26. The zero-order valence-electron chi connectivity index (χ0n) is 8.31. The summed E-state index contributed by atoms with van der Waals surface area (Å²) in [4.78, 5) is 11.0. The fraction of sp³-hybridized carbons (Fsp3) is 0.364. The average molecular weight is 211 g/mol. The van der Waals surface area contributed by atoms with Gasteiger partial charge in [-0.2, -0.15) is 0 Å². The van der Waals surface area contributed by atoms with Crippen LogP contribution in [0.3, 0.4) is 0 Å². The summed E-state index contributed by atoms with van der Waals surface area (Å²) in [6.45, 7) is 1.39. The van der Waals surface area contributed by atoms with E-state index in [9.17, 15) is 13.6 Å². The van der Waals surface area contributed by atoms with E-state index in [1.165, 1.54) is 19.1 Å². The van der Waals surface area contributed by atoms with Crippen molar-refractivity contribution in [1.29, 1.82) is 0 Å². The Kier molecular flexibility index (Phi) is 2.42. The normalized spacial score (nSPS) is 20.5. The molecule has 1 aliphatic rings. The van der Waals surface area contributed by atoms with Crippen LogP contribution < -0.4 is 5.32 Å². The molecule has 1 saturated heterocycles. The van der Waals surface area contributed by atoms with Crippen molar-refractivity contribution in [2.45, 2.75) is 25.8 Å². The third-order valence-electron chi connectivity index (χ3n) is 2.70. The zero-order valence-corrected chi connectivity index (χ0v) is 8.31. The highest BCUT2D eigenvalue weighted by Gasteiger charge is 2.23. The van der Waals surface area contributed by atoms with E-state index in [0.29, 0.717) is 18.4 Å². The second-order valence-corrected chi connectivity index (χ2v) is 3.77. The molecule has 0 spiro atoms. The van der Waals surface area contributed by atoms with E-state index >= 15 is 0 Å². The summed E-state index contributed by atoms with van der Waals surface area (Å²) in [6, 6.07) is 2.32. The van der Waals surface area contributed by atoms with Crippen molar-refractivity contribution in [2.24, 2.45) is 0 Å². The van der Waals surface area contributed by atoms with Crippen molar-refractivity contribution in [2.75, 3.05) is 0 Å². The second kappa shape index (κ2) is 3.61. The Morgan fingerprint density at radius 3 is 2.40 bits per heavy atom. The monoisotopic (exact) mass is 211 g/mol. The molecule has 0 radical (unpaired) electrons. The topological polar surface area (TPSA) is 29.1 Å². The van der Waals surface area contributed by atoms with Gasteiger partial charge >= 0.3 is 0 Å². The first-order chi connectivity index (χ1) is 7.08. The summed E-state index contributed by atoms with van der Waals surface area (Å²) < 4.78 is 26.5. The van der Waals surface area contributed by atoms with E-state index in [-0.39, 0.29) is 17.5 Å². The Balaban J connectivity index is 2.33. The van der Waals surface area contributed by atoms with Crippen LogP contribution in [0.4, 0.5) is 8.78 Å². The Labute approximate surface area is 86.3 Å². The number of carbonyl (C=O) groups is 1. The van der Waals surface area contributed by atoms with Gasteiger partial charge in [0.2, 0.25) is 5.91 Å². The van der Waals surface area contributed by atoms with E-state index in [1.54, 1.807) is 0 Å². The van der Waals surface area contributed by atoms with E-state index in [0.717, 1.165) is 0 Å². The number of nitrogens with one attached hydrogen (secondary N) is 1. The van der Waals surface area contributed by atoms with Crippen molar-refractivity contribution >= 4 is 5.91 Å². The molecule has 1 amide bonds. The van der Waals surface area contributed by atoms with Gasteiger partial charge < -0.3 is 5.32 Å². The number of rotatable bonds is 1. The molecule has 2 nitrogen and oxygen atoms in total. The third kappa shape index (κ3) is 1.84.